The number of rotatable bonds is 3. The van der Waals surface area contributed by atoms with Gasteiger partial charge in [0.1, 0.15) is 29.2 Å². The van der Waals surface area contributed by atoms with E-state index in [1.807, 2.05) is 24.3 Å². The SMILES string of the molecule is FC(F)(F)c1cc2c(N[C@H]3c4ccccc4OCC3C3CCOCC3)ncnc2[nH]1. The number of para-hydroxylation sites is 1. The molecule has 1 unspecified atom stereocenters. The molecule has 5 rings (SSSR count). The Labute approximate surface area is 170 Å². The average molecular weight is 418 g/mol. The molecule has 2 atom stereocenters. The number of hydrogen-bond donors (Lipinski definition) is 2. The molecule has 2 aliphatic heterocycles. The topological polar surface area (TPSA) is 72.1 Å². The van der Waals surface area contributed by atoms with E-state index in [2.05, 4.69) is 20.3 Å². The van der Waals surface area contributed by atoms with Crippen LogP contribution in [0.3, 0.4) is 0 Å². The lowest BCUT2D eigenvalue weighted by molar-refractivity contribution is -0.140. The summed E-state index contributed by atoms with van der Waals surface area (Å²) in [6, 6.07) is 8.69. The number of fused-ring (bicyclic) bond motifs is 2. The van der Waals surface area contributed by atoms with Gasteiger partial charge in [0.15, 0.2) is 0 Å². The Morgan fingerprint density at radius 3 is 2.70 bits per heavy atom. The van der Waals surface area contributed by atoms with Gasteiger partial charge in [0.2, 0.25) is 0 Å². The average Bonchev–Trinajstić information content (AvgIpc) is 3.21. The van der Waals surface area contributed by atoms with Gasteiger partial charge in [-0.3, -0.25) is 0 Å². The molecule has 1 saturated heterocycles. The van der Waals surface area contributed by atoms with Gasteiger partial charge in [-0.2, -0.15) is 13.2 Å². The zero-order valence-electron chi connectivity index (χ0n) is 16.1. The van der Waals surface area contributed by atoms with Crippen molar-refractivity contribution in [1.82, 2.24) is 15.0 Å². The van der Waals surface area contributed by atoms with Crippen molar-refractivity contribution in [2.24, 2.45) is 11.8 Å². The van der Waals surface area contributed by atoms with Crippen LogP contribution in [0.2, 0.25) is 0 Å². The molecule has 2 N–H and O–H groups in total. The lowest BCUT2D eigenvalue weighted by Crippen LogP contribution is -2.38. The zero-order valence-corrected chi connectivity index (χ0v) is 16.1. The van der Waals surface area contributed by atoms with Gasteiger partial charge in [-0.05, 0) is 30.9 Å². The van der Waals surface area contributed by atoms with Gasteiger partial charge in [-0.15, -0.1) is 0 Å². The van der Waals surface area contributed by atoms with Crippen LogP contribution in [-0.2, 0) is 10.9 Å². The third-order valence-electron chi connectivity index (χ3n) is 6.01. The maximum absolute atomic E-state index is 13.2. The molecule has 4 heterocycles. The van der Waals surface area contributed by atoms with E-state index in [1.54, 1.807) is 0 Å². The van der Waals surface area contributed by atoms with Crippen LogP contribution in [0, 0.1) is 11.8 Å². The van der Waals surface area contributed by atoms with Crippen molar-refractivity contribution < 1.29 is 22.6 Å². The van der Waals surface area contributed by atoms with Crippen LogP contribution in [0.15, 0.2) is 36.7 Å². The standard InChI is InChI=1S/C21H21F3N4O2/c22-21(23,24)17-9-14-19(27-17)25-11-26-20(14)28-18-13-3-1-2-4-16(13)30-10-15(18)12-5-7-29-8-6-12/h1-4,9,11-12,15,18H,5-8,10H2,(H2,25,26,27,28)/t15?,18-/m0/s1. The molecule has 9 heteroatoms. The molecule has 3 aromatic rings. The summed E-state index contributed by atoms with van der Waals surface area (Å²) in [6.07, 6.45) is -1.35. The van der Waals surface area contributed by atoms with E-state index >= 15 is 0 Å². The number of aromatic nitrogens is 3. The van der Waals surface area contributed by atoms with Crippen LogP contribution in [0.1, 0.15) is 30.1 Å². The molecule has 0 aliphatic carbocycles. The first-order chi connectivity index (χ1) is 14.5. The van der Waals surface area contributed by atoms with Gasteiger partial charge >= 0.3 is 6.18 Å². The second-order valence-corrected chi connectivity index (χ2v) is 7.75. The number of alkyl halides is 3. The lowest BCUT2D eigenvalue weighted by atomic mass is 9.77. The van der Waals surface area contributed by atoms with Crippen LogP contribution in [0.4, 0.5) is 19.0 Å². The number of ether oxygens (including phenoxy) is 2. The number of aromatic amines is 1. The van der Waals surface area contributed by atoms with E-state index in [-0.39, 0.29) is 17.6 Å². The maximum atomic E-state index is 13.2. The summed E-state index contributed by atoms with van der Waals surface area (Å²) in [4.78, 5) is 10.6. The summed E-state index contributed by atoms with van der Waals surface area (Å²) in [5.74, 6) is 1.70. The summed E-state index contributed by atoms with van der Waals surface area (Å²) >= 11 is 0. The largest absolute Gasteiger partial charge is 0.493 e. The molecule has 0 bridgehead atoms. The monoisotopic (exact) mass is 418 g/mol. The molecule has 2 aliphatic rings. The highest BCUT2D eigenvalue weighted by Gasteiger charge is 2.38. The van der Waals surface area contributed by atoms with Gasteiger partial charge in [-0.1, -0.05) is 18.2 Å². The Hall–Kier alpha value is -2.81. The Morgan fingerprint density at radius 1 is 1.10 bits per heavy atom. The lowest BCUT2D eigenvalue weighted by Gasteiger charge is -2.40. The molecular weight excluding hydrogens is 397 g/mol. The van der Waals surface area contributed by atoms with Gasteiger partial charge in [0.05, 0.1) is 18.0 Å². The van der Waals surface area contributed by atoms with Gasteiger partial charge in [0.25, 0.3) is 0 Å². The highest BCUT2D eigenvalue weighted by atomic mass is 19.4. The van der Waals surface area contributed by atoms with Crippen molar-refractivity contribution in [3.63, 3.8) is 0 Å². The zero-order chi connectivity index (χ0) is 20.7. The van der Waals surface area contributed by atoms with E-state index in [4.69, 9.17) is 9.47 Å². The van der Waals surface area contributed by atoms with Gasteiger partial charge < -0.3 is 19.8 Å². The first-order valence-corrected chi connectivity index (χ1v) is 9.97. The van der Waals surface area contributed by atoms with E-state index in [0.29, 0.717) is 36.9 Å². The number of hydrogen-bond acceptors (Lipinski definition) is 5. The molecule has 0 saturated carbocycles. The van der Waals surface area contributed by atoms with Crippen molar-refractivity contribution in [1.29, 1.82) is 0 Å². The molecule has 0 amide bonds. The van der Waals surface area contributed by atoms with Crippen LogP contribution in [-0.4, -0.2) is 34.8 Å². The van der Waals surface area contributed by atoms with Crippen molar-refractivity contribution >= 4 is 16.9 Å². The van der Waals surface area contributed by atoms with E-state index in [1.165, 1.54) is 6.33 Å². The number of anilines is 1. The first kappa shape index (κ1) is 19.2. The van der Waals surface area contributed by atoms with Crippen LogP contribution in [0.25, 0.3) is 11.0 Å². The fourth-order valence-corrected chi connectivity index (χ4v) is 4.47. The number of H-pyrrole nitrogens is 1. The van der Waals surface area contributed by atoms with Crippen LogP contribution in [0.5, 0.6) is 5.75 Å². The summed E-state index contributed by atoms with van der Waals surface area (Å²) in [5, 5.41) is 3.75. The van der Waals surface area contributed by atoms with Crippen molar-refractivity contribution in [2.75, 3.05) is 25.1 Å². The summed E-state index contributed by atoms with van der Waals surface area (Å²) in [6.45, 7) is 1.95. The quantitative estimate of drug-likeness (QED) is 0.652. The normalized spacial score (nSPS) is 22.5. The van der Waals surface area contributed by atoms with E-state index in [9.17, 15) is 13.2 Å². The Morgan fingerprint density at radius 2 is 1.90 bits per heavy atom. The third-order valence-corrected chi connectivity index (χ3v) is 6.01. The molecule has 0 spiro atoms. The van der Waals surface area contributed by atoms with Crippen molar-refractivity contribution in [2.45, 2.75) is 25.1 Å². The van der Waals surface area contributed by atoms with Crippen molar-refractivity contribution in [3.8, 4) is 5.75 Å². The smallest absolute Gasteiger partial charge is 0.431 e. The Balaban J connectivity index is 1.54. The predicted molar refractivity (Wildman–Crippen MR) is 104 cm³/mol. The minimum atomic E-state index is -4.48. The van der Waals surface area contributed by atoms with Crippen LogP contribution >= 0.6 is 0 Å². The van der Waals surface area contributed by atoms with E-state index in [0.717, 1.165) is 30.2 Å². The number of nitrogens with zero attached hydrogens (tertiary/aromatic N) is 2. The number of benzene rings is 1. The fourth-order valence-electron chi connectivity index (χ4n) is 4.47. The third kappa shape index (κ3) is 3.47. The Bertz CT molecular complexity index is 1050. The minimum Gasteiger partial charge on any atom is -0.493 e. The van der Waals surface area contributed by atoms with E-state index < -0.39 is 11.9 Å². The predicted octanol–water partition coefficient (Wildman–Crippen LogP) is 4.57. The molecule has 2 aromatic heterocycles. The first-order valence-electron chi connectivity index (χ1n) is 9.97. The molecule has 1 aromatic carbocycles. The molecular formula is C21H21F3N4O2. The highest BCUT2D eigenvalue weighted by molar-refractivity contribution is 5.88. The number of nitrogens with one attached hydrogen (secondary N) is 2. The van der Waals surface area contributed by atoms with Crippen LogP contribution < -0.4 is 10.1 Å². The van der Waals surface area contributed by atoms with Gasteiger partial charge in [-0.25, -0.2) is 9.97 Å². The maximum Gasteiger partial charge on any atom is 0.431 e. The van der Waals surface area contributed by atoms with Crippen molar-refractivity contribution in [3.05, 3.63) is 47.9 Å². The second-order valence-electron chi connectivity index (χ2n) is 7.75. The number of halogens is 3. The molecule has 30 heavy (non-hydrogen) atoms. The minimum absolute atomic E-state index is 0.139. The highest BCUT2D eigenvalue weighted by Crippen LogP contribution is 2.43. The molecule has 6 nitrogen and oxygen atoms in total. The molecule has 0 radical (unpaired) electrons. The summed E-state index contributed by atoms with van der Waals surface area (Å²) in [5.41, 5.74) is 0.302. The fraction of sp³-hybridized carbons (Fsp3) is 0.429. The molecule has 158 valence electrons. The second kappa shape index (κ2) is 7.46. The van der Waals surface area contributed by atoms with Gasteiger partial charge in [0, 0.05) is 24.7 Å². The molecule has 1 fully saturated rings. The summed E-state index contributed by atoms with van der Waals surface area (Å²) in [7, 11) is 0. The Kier molecular flexibility index (Phi) is 4.77. The summed E-state index contributed by atoms with van der Waals surface area (Å²) < 4.78 is 51.1.